The van der Waals surface area contributed by atoms with Crippen molar-refractivity contribution < 1.29 is 24.5 Å². The number of aliphatic hydroxyl groups excluding tert-OH is 1. The maximum absolute atomic E-state index is 11.5. The first-order valence-electron chi connectivity index (χ1n) is 5.94. The lowest BCUT2D eigenvalue weighted by Crippen LogP contribution is -2.31. The summed E-state index contributed by atoms with van der Waals surface area (Å²) in [7, 11) is 0. The smallest absolute Gasteiger partial charge is 0.309 e. The second-order valence-electron chi connectivity index (χ2n) is 4.37. The Kier molecular flexibility index (Phi) is 33.7. The summed E-state index contributed by atoms with van der Waals surface area (Å²) in [6.45, 7) is 5.17. The van der Waals surface area contributed by atoms with E-state index in [0.29, 0.717) is 6.42 Å². The third kappa shape index (κ3) is 13.9. The topological polar surface area (TPSA) is 83.8 Å². The monoisotopic (exact) mass is 326 g/mol. The van der Waals surface area contributed by atoms with Gasteiger partial charge in [-0.25, -0.2) is 0 Å². The zero-order chi connectivity index (χ0) is 13.4. The number of aliphatic carboxylic acids is 1. The van der Waals surface area contributed by atoms with Gasteiger partial charge in [0.1, 0.15) is 6.61 Å². The highest BCUT2D eigenvalue weighted by molar-refractivity contribution is 5.80. The van der Waals surface area contributed by atoms with E-state index in [2.05, 4.69) is 0 Å². The molecule has 0 fully saturated rings. The van der Waals surface area contributed by atoms with Crippen molar-refractivity contribution in [3.8, 4) is 0 Å². The van der Waals surface area contributed by atoms with Crippen molar-refractivity contribution in [2.24, 2.45) is 17.8 Å². The van der Waals surface area contributed by atoms with Gasteiger partial charge in [-0.2, -0.15) is 0 Å². The molecule has 3 atom stereocenters. The van der Waals surface area contributed by atoms with E-state index in [9.17, 15) is 9.59 Å². The number of rotatable bonds is 8. The summed E-state index contributed by atoms with van der Waals surface area (Å²) in [5.74, 6) is -2.69. The minimum atomic E-state index is -0.973. The van der Waals surface area contributed by atoms with Crippen molar-refractivity contribution in [2.45, 2.75) is 70.7 Å². The summed E-state index contributed by atoms with van der Waals surface area (Å²) in [5.41, 5.74) is 0. The molecule has 0 radical (unpaired) electrons. The van der Waals surface area contributed by atoms with Gasteiger partial charge in [0, 0.05) is 0 Å². The van der Waals surface area contributed by atoms with E-state index < -0.39 is 23.8 Å². The van der Waals surface area contributed by atoms with E-state index in [0.717, 1.165) is 6.42 Å². The van der Waals surface area contributed by atoms with Crippen molar-refractivity contribution in [1.29, 1.82) is 0 Å². The molecule has 0 aromatic heterocycles. The van der Waals surface area contributed by atoms with E-state index in [1.54, 1.807) is 6.92 Å². The first-order chi connectivity index (χ1) is 7.93. The Morgan fingerprint density at radius 1 is 1.05 bits per heavy atom. The van der Waals surface area contributed by atoms with Crippen molar-refractivity contribution in [2.75, 3.05) is 13.2 Å². The Bertz CT molecular complexity index is 253. The molecule has 0 amide bonds. The number of esters is 1. The van der Waals surface area contributed by atoms with Crippen LogP contribution in [0.5, 0.6) is 0 Å². The molecule has 2 N–H and O–H groups in total. The lowest BCUT2D eigenvalue weighted by Gasteiger charge is -2.21. The van der Waals surface area contributed by atoms with Crippen LogP contribution in [0.2, 0.25) is 0 Å². The fourth-order valence-electron chi connectivity index (χ4n) is 1.56. The lowest BCUT2D eigenvalue weighted by molar-refractivity contribution is -0.158. The molecule has 5 heteroatoms. The summed E-state index contributed by atoms with van der Waals surface area (Å²) in [5, 5.41) is 17.6. The molecule has 140 valence electrons. The van der Waals surface area contributed by atoms with E-state index >= 15 is 0 Å². The molecule has 0 aromatic carbocycles. The average Bonchev–Trinajstić information content (AvgIpc) is 2.31. The predicted molar refractivity (Wildman–Crippen MR) is 96.1 cm³/mol. The standard InChI is InChI=1S/C12H22O5.5CH4/c1-4-8(2)7-10(11(14)15)9(3)12(16)17-6-5-13;;;;;/h8-10,13H,4-7H2,1-3H3,(H,14,15);5*1H4. The van der Waals surface area contributed by atoms with E-state index in [4.69, 9.17) is 14.9 Å². The fraction of sp³-hybridized carbons (Fsp3) is 0.882. The van der Waals surface area contributed by atoms with Gasteiger partial charge in [0.2, 0.25) is 0 Å². The molecule has 0 spiro atoms. The van der Waals surface area contributed by atoms with Gasteiger partial charge in [0.25, 0.3) is 0 Å². The third-order valence-electron chi connectivity index (χ3n) is 2.98. The minimum absolute atomic E-state index is 0. The molecule has 0 saturated carbocycles. The van der Waals surface area contributed by atoms with Gasteiger partial charge in [-0.1, -0.05) is 64.3 Å². The van der Waals surface area contributed by atoms with Gasteiger partial charge in [-0.15, -0.1) is 0 Å². The van der Waals surface area contributed by atoms with Crippen LogP contribution >= 0.6 is 0 Å². The Balaban J connectivity index is -0.000000128. The second-order valence-corrected chi connectivity index (χ2v) is 4.37. The lowest BCUT2D eigenvalue weighted by atomic mass is 9.85. The summed E-state index contributed by atoms with van der Waals surface area (Å²) in [6, 6.07) is 0. The molecule has 0 saturated heterocycles. The quantitative estimate of drug-likeness (QED) is 0.643. The number of carboxylic acid groups (broad SMARTS) is 1. The molecule has 0 aliphatic carbocycles. The third-order valence-corrected chi connectivity index (χ3v) is 2.98. The number of hydrogen-bond acceptors (Lipinski definition) is 4. The number of aliphatic hydroxyl groups is 1. The van der Waals surface area contributed by atoms with Crippen LogP contribution in [0.1, 0.15) is 70.7 Å². The van der Waals surface area contributed by atoms with Gasteiger partial charge in [-0.05, 0) is 12.3 Å². The van der Waals surface area contributed by atoms with Gasteiger partial charge >= 0.3 is 11.9 Å². The van der Waals surface area contributed by atoms with Crippen molar-refractivity contribution in [3.63, 3.8) is 0 Å². The van der Waals surface area contributed by atoms with Crippen molar-refractivity contribution >= 4 is 11.9 Å². The maximum Gasteiger partial charge on any atom is 0.309 e. The van der Waals surface area contributed by atoms with Crippen LogP contribution in [0.25, 0.3) is 0 Å². The fourth-order valence-corrected chi connectivity index (χ4v) is 1.56. The van der Waals surface area contributed by atoms with E-state index in [-0.39, 0.29) is 56.3 Å². The number of carbonyl (C=O) groups is 2. The molecule has 22 heavy (non-hydrogen) atoms. The molecular formula is C17H42O5. The molecule has 0 aromatic rings. The van der Waals surface area contributed by atoms with Crippen molar-refractivity contribution in [3.05, 3.63) is 0 Å². The van der Waals surface area contributed by atoms with Crippen LogP contribution in [-0.4, -0.2) is 35.4 Å². The summed E-state index contributed by atoms with van der Waals surface area (Å²) in [6.07, 6.45) is 1.34. The molecule has 0 aliphatic rings. The molecule has 0 rings (SSSR count). The number of hydrogen-bond donors (Lipinski definition) is 2. The molecule has 0 bridgehead atoms. The maximum atomic E-state index is 11.5. The van der Waals surface area contributed by atoms with Crippen molar-refractivity contribution in [1.82, 2.24) is 0 Å². The minimum Gasteiger partial charge on any atom is -0.481 e. The average molecular weight is 327 g/mol. The van der Waals surface area contributed by atoms with Gasteiger partial charge in [-0.3, -0.25) is 9.59 Å². The summed E-state index contributed by atoms with van der Waals surface area (Å²) < 4.78 is 4.75. The Morgan fingerprint density at radius 2 is 1.50 bits per heavy atom. The summed E-state index contributed by atoms with van der Waals surface area (Å²) in [4.78, 5) is 22.6. The van der Waals surface area contributed by atoms with E-state index in [1.807, 2.05) is 13.8 Å². The van der Waals surface area contributed by atoms with Crippen LogP contribution in [0.4, 0.5) is 0 Å². The van der Waals surface area contributed by atoms with Crippen LogP contribution in [0, 0.1) is 17.8 Å². The van der Waals surface area contributed by atoms with E-state index in [1.165, 1.54) is 0 Å². The molecular weight excluding hydrogens is 284 g/mol. The zero-order valence-electron chi connectivity index (χ0n) is 10.7. The normalized spacial score (nSPS) is 12.4. The van der Waals surface area contributed by atoms with Crippen LogP contribution in [-0.2, 0) is 14.3 Å². The summed E-state index contributed by atoms with van der Waals surface area (Å²) >= 11 is 0. The highest BCUT2D eigenvalue weighted by atomic mass is 16.5. The largest absolute Gasteiger partial charge is 0.481 e. The Hall–Kier alpha value is -1.10. The Labute approximate surface area is 139 Å². The Morgan fingerprint density at radius 3 is 1.82 bits per heavy atom. The number of carboxylic acids is 1. The first kappa shape index (κ1) is 37.3. The highest BCUT2D eigenvalue weighted by Gasteiger charge is 2.31. The zero-order valence-corrected chi connectivity index (χ0v) is 10.7. The van der Waals surface area contributed by atoms with Gasteiger partial charge in [0.15, 0.2) is 0 Å². The molecule has 3 unspecified atom stereocenters. The van der Waals surface area contributed by atoms with Crippen LogP contribution in [0.15, 0.2) is 0 Å². The number of ether oxygens (including phenoxy) is 1. The number of carbonyl (C=O) groups excluding carboxylic acids is 1. The molecule has 5 nitrogen and oxygen atoms in total. The first-order valence-corrected chi connectivity index (χ1v) is 5.94. The van der Waals surface area contributed by atoms with Crippen LogP contribution in [0.3, 0.4) is 0 Å². The SMILES string of the molecule is C.C.C.C.C.CCC(C)CC(C(=O)O)C(C)C(=O)OCCO. The molecule has 0 aliphatic heterocycles. The molecule has 0 heterocycles. The van der Waals surface area contributed by atoms with Gasteiger partial charge < -0.3 is 14.9 Å². The van der Waals surface area contributed by atoms with Gasteiger partial charge in [0.05, 0.1) is 18.4 Å². The predicted octanol–water partition coefficient (Wildman–Crippen LogP) is 4.48. The highest BCUT2D eigenvalue weighted by Crippen LogP contribution is 2.23. The van der Waals surface area contributed by atoms with Crippen LogP contribution < -0.4 is 0 Å². The second kappa shape index (κ2) is 19.9.